The summed E-state index contributed by atoms with van der Waals surface area (Å²) in [5.41, 5.74) is 5.31. The molecule has 6 nitrogen and oxygen atoms in total. The SMILES string of the molecule is CC(C)(CN)C(=O)Nc1ccc([N+](=O)[O-])cc1. The quantitative estimate of drug-likeness (QED) is 0.612. The van der Waals surface area contributed by atoms with Crippen LogP contribution in [0.25, 0.3) is 0 Å². The van der Waals surface area contributed by atoms with Crippen molar-refractivity contribution in [2.45, 2.75) is 13.8 Å². The van der Waals surface area contributed by atoms with Crippen molar-refractivity contribution >= 4 is 17.3 Å². The summed E-state index contributed by atoms with van der Waals surface area (Å²) in [5.74, 6) is -0.214. The van der Waals surface area contributed by atoms with Crippen LogP contribution in [0.5, 0.6) is 0 Å². The van der Waals surface area contributed by atoms with E-state index in [9.17, 15) is 14.9 Å². The van der Waals surface area contributed by atoms with Crippen molar-refractivity contribution < 1.29 is 9.72 Å². The maximum Gasteiger partial charge on any atom is 0.269 e. The number of anilines is 1. The molecule has 0 bridgehead atoms. The zero-order chi connectivity index (χ0) is 13.1. The highest BCUT2D eigenvalue weighted by atomic mass is 16.6. The smallest absolute Gasteiger partial charge is 0.269 e. The predicted molar refractivity (Wildman–Crippen MR) is 64.6 cm³/mol. The maximum absolute atomic E-state index is 11.8. The Bertz CT molecular complexity index is 426. The third-order valence-corrected chi connectivity index (χ3v) is 2.46. The van der Waals surface area contributed by atoms with Gasteiger partial charge in [0.05, 0.1) is 10.3 Å². The second-order valence-corrected chi connectivity index (χ2v) is 4.35. The number of benzene rings is 1. The monoisotopic (exact) mass is 237 g/mol. The highest BCUT2D eigenvalue weighted by molar-refractivity contribution is 5.95. The third kappa shape index (κ3) is 3.25. The van der Waals surface area contributed by atoms with E-state index >= 15 is 0 Å². The van der Waals surface area contributed by atoms with E-state index in [1.54, 1.807) is 13.8 Å². The van der Waals surface area contributed by atoms with E-state index in [2.05, 4.69) is 5.32 Å². The average molecular weight is 237 g/mol. The van der Waals surface area contributed by atoms with E-state index in [1.807, 2.05) is 0 Å². The summed E-state index contributed by atoms with van der Waals surface area (Å²) in [5, 5.41) is 13.1. The lowest BCUT2D eigenvalue weighted by Crippen LogP contribution is -2.37. The second-order valence-electron chi connectivity index (χ2n) is 4.35. The predicted octanol–water partition coefficient (Wildman–Crippen LogP) is 1.52. The molecule has 0 aliphatic carbocycles. The number of nitro benzene ring substituents is 1. The maximum atomic E-state index is 11.8. The van der Waals surface area contributed by atoms with Crippen LogP contribution >= 0.6 is 0 Å². The van der Waals surface area contributed by atoms with Crippen LogP contribution in [-0.2, 0) is 4.79 Å². The fraction of sp³-hybridized carbons (Fsp3) is 0.364. The zero-order valence-corrected chi connectivity index (χ0v) is 9.77. The molecule has 0 spiro atoms. The minimum Gasteiger partial charge on any atom is -0.329 e. The Hall–Kier alpha value is -1.95. The van der Waals surface area contributed by atoms with E-state index in [4.69, 9.17) is 5.73 Å². The number of nitrogens with zero attached hydrogens (tertiary/aromatic N) is 1. The van der Waals surface area contributed by atoms with Crippen molar-refractivity contribution in [3.63, 3.8) is 0 Å². The van der Waals surface area contributed by atoms with Gasteiger partial charge in [-0.25, -0.2) is 0 Å². The highest BCUT2D eigenvalue weighted by Crippen LogP contribution is 2.19. The van der Waals surface area contributed by atoms with E-state index in [1.165, 1.54) is 24.3 Å². The molecule has 0 aliphatic heterocycles. The molecular formula is C11H15N3O3. The second kappa shape index (κ2) is 4.92. The van der Waals surface area contributed by atoms with Gasteiger partial charge in [-0.05, 0) is 26.0 Å². The molecule has 6 heteroatoms. The Morgan fingerprint density at radius 3 is 2.35 bits per heavy atom. The lowest BCUT2D eigenvalue weighted by molar-refractivity contribution is -0.384. The molecule has 3 N–H and O–H groups in total. The van der Waals surface area contributed by atoms with Crippen molar-refractivity contribution in [2.75, 3.05) is 11.9 Å². The van der Waals surface area contributed by atoms with Gasteiger partial charge in [0, 0.05) is 24.4 Å². The molecule has 0 heterocycles. The normalized spacial score (nSPS) is 11.0. The standard InChI is InChI=1S/C11H15N3O3/c1-11(2,7-12)10(15)13-8-3-5-9(6-4-8)14(16)17/h3-6H,7,12H2,1-2H3,(H,13,15). The Morgan fingerprint density at radius 2 is 1.94 bits per heavy atom. The molecule has 0 aliphatic rings. The fourth-order valence-electron chi connectivity index (χ4n) is 1.06. The molecule has 0 saturated carbocycles. The summed E-state index contributed by atoms with van der Waals surface area (Å²) in [6, 6.07) is 5.65. The van der Waals surface area contributed by atoms with Gasteiger partial charge >= 0.3 is 0 Å². The number of amides is 1. The van der Waals surface area contributed by atoms with Crippen LogP contribution in [0.15, 0.2) is 24.3 Å². The number of carbonyl (C=O) groups is 1. The topological polar surface area (TPSA) is 98.3 Å². The Labute approximate surface area is 99.0 Å². The summed E-state index contributed by atoms with van der Waals surface area (Å²) in [4.78, 5) is 21.7. The van der Waals surface area contributed by atoms with Crippen LogP contribution in [0, 0.1) is 15.5 Å². The van der Waals surface area contributed by atoms with Gasteiger partial charge in [-0.3, -0.25) is 14.9 Å². The van der Waals surface area contributed by atoms with Gasteiger partial charge in [0.2, 0.25) is 5.91 Å². The first kappa shape index (κ1) is 13.1. The molecule has 0 radical (unpaired) electrons. The molecule has 0 unspecified atom stereocenters. The first-order valence-corrected chi connectivity index (χ1v) is 5.13. The van der Waals surface area contributed by atoms with E-state index in [0.717, 1.165) is 0 Å². The van der Waals surface area contributed by atoms with Crippen molar-refractivity contribution in [1.82, 2.24) is 0 Å². The average Bonchev–Trinajstić information content (AvgIpc) is 2.29. The van der Waals surface area contributed by atoms with Crippen LogP contribution in [0.4, 0.5) is 11.4 Å². The van der Waals surface area contributed by atoms with Crippen LogP contribution < -0.4 is 11.1 Å². The number of non-ortho nitro benzene ring substituents is 1. The highest BCUT2D eigenvalue weighted by Gasteiger charge is 2.25. The number of rotatable bonds is 4. The van der Waals surface area contributed by atoms with Crippen molar-refractivity contribution in [3.05, 3.63) is 34.4 Å². The first-order chi connectivity index (χ1) is 7.86. The Balaban J connectivity index is 2.76. The van der Waals surface area contributed by atoms with Gasteiger partial charge in [0.15, 0.2) is 0 Å². The summed E-state index contributed by atoms with van der Waals surface area (Å²) in [7, 11) is 0. The van der Waals surface area contributed by atoms with E-state index in [0.29, 0.717) is 5.69 Å². The number of hydrogen-bond acceptors (Lipinski definition) is 4. The summed E-state index contributed by atoms with van der Waals surface area (Å²) in [6.07, 6.45) is 0. The van der Waals surface area contributed by atoms with Gasteiger partial charge in [-0.1, -0.05) is 0 Å². The molecule has 1 aromatic carbocycles. The summed E-state index contributed by atoms with van der Waals surface area (Å²) in [6.45, 7) is 3.69. The molecule has 0 atom stereocenters. The molecule has 1 rings (SSSR count). The van der Waals surface area contributed by atoms with Crippen LogP contribution in [0.3, 0.4) is 0 Å². The number of nitro groups is 1. The number of hydrogen-bond donors (Lipinski definition) is 2. The van der Waals surface area contributed by atoms with Gasteiger partial charge in [-0.2, -0.15) is 0 Å². The molecule has 1 aromatic rings. The Morgan fingerprint density at radius 1 is 1.41 bits per heavy atom. The number of nitrogens with one attached hydrogen (secondary N) is 1. The molecule has 0 aromatic heterocycles. The molecular weight excluding hydrogens is 222 g/mol. The lowest BCUT2D eigenvalue weighted by atomic mass is 9.92. The van der Waals surface area contributed by atoms with E-state index in [-0.39, 0.29) is 18.1 Å². The van der Waals surface area contributed by atoms with Gasteiger partial charge in [0.25, 0.3) is 5.69 Å². The van der Waals surface area contributed by atoms with Gasteiger partial charge < -0.3 is 11.1 Å². The number of carbonyl (C=O) groups excluding carboxylic acids is 1. The summed E-state index contributed by atoms with van der Waals surface area (Å²) < 4.78 is 0. The zero-order valence-electron chi connectivity index (χ0n) is 9.77. The largest absolute Gasteiger partial charge is 0.329 e. The van der Waals surface area contributed by atoms with E-state index < -0.39 is 10.3 Å². The van der Waals surface area contributed by atoms with Crippen LogP contribution in [0.1, 0.15) is 13.8 Å². The Kier molecular flexibility index (Phi) is 3.80. The minimum atomic E-state index is -0.665. The fourth-order valence-corrected chi connectivity index (χ4v) is 1.06. The molecule has 1 amide bonds. The molecule has 92 valence electrons. The van der Waals surface area contributed by atoms with Crippen molar-refractivity contribution in [1.29, 1.82) is 0 Å². The first-order valence-electron chi connectivity index (χ1n) is 5.13. The lowest BCUT2D eigenvalue weighted by Gasteiger charge is -2.21. The number of nitrogens with two attached hydrogens (primary N) is 1. The third-order valence-electron chi connectivity index (χ3n) is 2.46. The van der Waals surface area contributed by atoms with Crippen molar-refractivity contribution in [2.24, 2.45) is 11.1 Å². The minimum absolute atomic E-state index is 0.0129. The van der Waals surface area contributed by atoms with Crippen molar-refractivity contribution in [3.8, 4) is 0 Å². The molecule has 0 saturated heterocycles. The molecule has 17 heavy (non-hydrogen) atoms. The van der Waals surface area contributed by atoms with Gasteiger partial charge in [0.1, 0.15) is 0 Å². The van der Waals surface area contributed by atoms with Gasteiger partial charge in [-0.15, -0.1) is 0 Å². The molecule has 0 fully saturated rings. The van der Waals surface area contributed by atoms with Crippen LogP contribution in [0.2, 0.25) is 0 Å². The van der Waals surface area contributed by atoms with Crippen LogP contribution in [-0.4, -0.2) is 17.4 Å². The summed E-state index contributed by atoms with van der Waals surface area (Å²) >= 11 is 0.